The second-order valence-electron chi connectivity index (χ2n) is 5.11. The molecule has 1 aromatic heterocycles. The number of hydrogen-bond acceptors (Lipinski definition) is 3. The van der Waals surface area contributed by atoms with Crippen molar-refractivity contribution < 1.29 is 13.7 Å². The van der Waals surface area contributed by atoms with Crippen LogP contribution in [-0.2, 0) is 0 Å². The van der Waals surface area contributed by atoms with Gasteiger partial charge in [-0.1, -0.05) is 36.3 Å². The molecular formula is C18H16FNO2. The average molecular weight is 297 g/mol. The van der Waals surface area contributed by atoms with Gasteiger partial charge in [0.2, 0.25) is 0 Å². The van der Waals surface area contributed by atoms with Crippen molar-refractivity contribution in [1.29, 1.82) is 0 Å². The maximum Gasteiger partial charge on any atom is 0.131 e. The van der Waals surface area contributed by atoms with Crippen LogP contribution in [-0.4, -0.2) is 12.3 Å². The molecule has 0 aliphatic heterocycles. The molecule has 0 saturated carbocycles. The predicted molar refractivity (Wildman–Crippen MR) is 82.4 cm³/mol. The Balaban J connectivity index is 1.91. The van der Waals surface area contributed by atoms with Gasteiger partial charge in [-0.3, -0.25) is 0 Å². The molecule has 0 amide bonds. The van der Waals surface area contributed by atoms with E-state index < -0.39 is 0 Å². The molecule has 4 heteroatoms. The van der Waals surface area contributed by atoms with Crippen LogP contribution < -0.4 is 4.74 Å². The summed E-state index contributed by atoms with van der Waals surface area (Å²) in [4.78, 5) is 0. The van der Waals surface area contributed by atoms with E-state index in [9.17, 15) is 4.39 Å². The lowest BCUT2D eigenvalue weighted by Gasteiger charge is -2.11. The minimum Gasteiger partial charge on any atom is -0.497 e. The summed E-state index contributed by atoms with van der Waals surface area (Å²) in [5.74, 6) is 0.483. The third-order valence-electron chi connectivity index (χ3n) is 3.80. The summed E-state index contributed by atoms with van der Waals surface area (Å²) in [6.07, 6.45) is 1.52. The molecule has 0 radical (unpaired) electrons. The molecule has 3 rings (SSSR count). The van der Waals surface area contributed by atoms with Gasteiger partial charge in [0.05, 0.1) is 12.8 Å². The molecule has 3 nitrogen and oxygen atoms in total. The number of halogens is 1. The van der Waals surface area contributed by atoms with E-state index in [1.54, 1.807) is 25.3 Å². The summed E-state index contributed by atoms with van der Waals surface area (Å²) in [6, 6.07) is 14.4. The fourth-order valence-electron chi connectivity index (χ4n) is 2.42. The number of rotatable bonds is 4. The zero-order valence-corrected chi connectivity index (χ0v) is 12.4. The molecule has 0 fully saturated rings. The van der Waals surface area contributed by atoms with E-state index in [2.05, 4.69) is 5.16 Å². The number of aromatic nitrogens is 1. The Hall–Kier alpha value is -2.62. The quantitative estimate of drug-likeness (QED) is 0.703. The van der Waals surface area contributed by atoms with Crippen molar-refractivity contribution in [3.8, 4) is 16.9 Å². The van der Waals surface area contributed by atoms with Gasteiger partial charge in [0.15, 0.2) is 0 Å². The van der Waals surface area contributed by atoms with Crippen LogP contribution >= 0.6 is 0 Å². The van der Waals surface area contributed by atoms with Gasteiger partial charge in [-0.2, -0.15) is 0 Å². The van der Waals surface area contributed by atoms with Crippen molar-refractivity contribution in [3.05, 3.63) is 71.9 Å². The molecule has 0 bridgehead atoms. The van der Waals surface area contributed by atoms with Crippen molar-refractivity contribution in [2.75, 3.05) is 7.11 Å². The molecule has 0 saturated heterocycles. The van der Waals surface area contributed by atoms with Gasteiger partial charge in [0.1, 0.15) is 17.8 Å². The summed E-state index contributed by atoms with van der Waals surface area (Å²) in [7, 11) is 1.61. The molecule has 112 valence electrons. The van der Waals surface area contributed by atoms with Crippen molar-refractivity contribution in [2.24, 2.45) is 0 Å². The Bertz CT molecular complexity index is 751. The summed E-state index contributed by atoms with van der Waals surface area (Å²) < 4.78 is 24.4. The van der Waals surface area contributed by atoms with Crippen LogP contribution in [0.1, 0.15) is 24.1 Å². The molecule has 3 aromatic rings. The second-order valence-corrected chi connectivity index (χ2v) is 5.11. The molecule has 0 spiro atoms. The van der Waals surface area contributed by atoms with Gasteiger partial charge >= 0.3 is 0 Å². The van der Waals surface area contributed by atoms with Crippen LogP contribution in [0.5, 0.6) is 5.75 Å². The highest BCUT2D eigenvalue weighted by Gasteiger charge is 2.14. The number of ether oxygens (including phenoxy) is 1. The number of benzene rings is 2. The lowest BCUT2D eigenvalue weighted by atomic mass is 9.95. The van der Waals surface area contributed by atoms with E-state index in [1.165, 1.54) is 6.26 Å². The van der Waals surface area contributed by atoms with E-state index in [0.717, 1.165) is 22.6 Å². The van der Waals surface area contributed by atoms with E-state index in [0.29, 0.717) is 5.56 Å². The lowest BCUT2D eigenvalue weighted by molar-refractivity contribution is 0.409. The highest BCUT2D eigenvalue weighted by molar-refractivity contribution is 5.65. The first-order valence-corrected chi connectivity index (χ1v) is 7.03. The third kappa shape index (κ3) is 2.72. The number of hydrogen-bond donors (Lipinski definition) is 0. The van der Waals surface area contributed by atoms with Crippen LogP contribution in [0.4, 0.5) is 4.39 Å². The van der Waals surface area contributed by atoms with Crippen molar-refractivity contribution in [1.82, 2.24) is 5.16 Å². The Morgan fingerprint density at radius 2 is 1.86 bits per heavy atom. The van der Waals surface area contributed by atoms with Crippen LogP contribution in [0.25, 0.3) is 11.1 Å². The van der Waals surface area contributed by atoms with Crippen LogP contribution in [0, 0.1) is 5.82 Å². The summed E-state index contributed by atoms with van der Waals surface area (Å²) >= 11 is 0. The molecular weight excluding hydrogens is 281 g/mol. The normalized spacial score (nSPS) is 12.1. The topological polar surface area (TPSA) is 35.3 Å². The Labute approximate surface area is 128 Å². The van der Waals surface area contributed by atoms with Crippen LogP contribution in [0.2, 0.25) is 0 Å². The number of methoxy groups -OCH3 is 1. The molecule has 0 N–H and O–H groups in total. The highest BCUT2D eigenvalue weighted by atomic mass is 19.1. The second kappa shape index (κ2) is 6.02. The third-order valence-corrected chi connectivity index (χ3v) is 3.80. The van der Waals surface area contributed by atoms with Gasteiger partial charge < -0.3 is 9.26 Å². The highest BCUT2D eigenvalue weighted by Crippen LogP contribution is 2.29. The van der Waals surface area contributed by atoms with Gasteiger partial charge in [0, 0.05) is 17.5 Å². The zero-order valence-electron chi connectivity index (χ0n) is 12.4. The minimum absolute atomic E-state index is 0.0156. The zero-order chi connectivity index (χ0) is 15.5. The van der Waals surface area contributed by atoms with Crippen LogP contribution in [0.15, 0.2) is 59.3 Å². The molecule has 1 atom stereocenters. The average Bonchev–Trinajstić information content (AvgIpc) is 3.09. The minimum atomic E-state index is -0.252. The monoisotopic (exact) mass is 297 g/mol. The summed E-state index contributed by atoms with van der Waals surface area (Å²) in [6.45, 7) is 1.97. The maximum atomic E-state index is 14.4. The van der Waals surface area contributed by atoms with Gasteiger partial charge in [-0.15, -0.1) is 0 Å². The Morgan fingerprint density at radius 3 is 2.45 bits per heavy atom. The first kappa shape index (κ1) is 14.3. The first-order valence-electron chi connectivity index (χ1n) is 7.03. The van der Waals surface area contributed by atoms with Gasteiger partial charge in [-0.25, -0.2) is 4.39 Å². The van der Waals surface area contributed by atoms with Gasteiger partial charge in [0.25, 0.3) is 0 Å². The fraction of sp³-hybridized carbons (Fsp3) is 0.167. The maximum absolute atomic E-state index is 14.4. The summed E-state index contributed by atoms with van der Waals surface area (Å²) in [5.41, 5.74) is 3.04. The molecule has 22 heavy (non-hydrogen) atoms. The molecule has 0 aliphatic carbocycles. The summed E-state index contributed by atoms with van der Waals surface area (Å²) in [5, 5.41) is 3.91. The van der Waals surface area contributed by atoms with Crippen molar-refractivity contribution in [2.45, 2.75) is 12.8 Å². The lowest BCUT2D eigenvalue weighted by Crippen LogP contribution is -1.98. The molecule has 2 aromatic carbocycles. The number of nitrogens with zero attached hydrogens (tertiary/aromatic N) is 1. The molecule has 1 heterocycles. The SMILES string of the molecule is COc1ccc(-c2ccc(C(C)c3ccon3)cc2F)cc1. The predicted octanol–water partition coefficient (Wildman–Crippen LogP) is 4.64. The van der Waals surface area contributed by atoms with E-state index in [4.69, 9.17) is 9.26 Å². The van der Waals surface area contributed by atoms with Crippen molar-refractivity contribution >= 4 is 0 Å². The Kier molecular flexibility index (Phi) is 3.92. The largest absolute Gasteiger partial charge is 0.497 e. The van der Waals surface area contributed by atoms with Crippen LogP contribution in [0.3, 0.4) is 0 Å². The molecule has 0 aliphatic rings. The first-order chi connectivity index (χ1) is 10.7. The van der Waals surface area contributed by atoms with Gasteiger partial charge in [-0.05, 0) is 29.3 Å². The molecule has 1 unspecified atom stereocenters. The van der Waals surface area contributed by atoms with E-state index in [1.807, 2.05) is 37.3 Å². The van der Waals surface area contributed by atoms with Crippen molar-refractivity contribution in [3.63, 3.8) is 0 Å². The fourth-order valence-corrected chi connectivity index (χ4v) is 2.42. The Morgan fingerprint density at radius 1 is 1.09 bits per heavy atom. The van der Waals surface area contributed by atoms with E-state index in [-0.39, 0.29) is 11.7 Å². The van der Waals surface area contributed by atoms with E-state index >= 15 is 0 Å². The smallest absolute Gasteiger partial charge is 0.131 e. The standard InChI is InChI=1S/C18H16FNO2/c1-12(18-9-10-22-20-18)14-5-8-16(17(19)11-14)13-3-6-15(21-2)7-4-13/h3-12H,1-2H3.